The molecule has 2 aromatic rings. The quantitative estimate of drug-likeness (QED) is 0.772. The molecule has 6 nitrogen and oxygen atoms in total. The number of ether oxygens (including phenoxy) is 1. The lowest BCUT2D eigenvalue weighted by Gasteiger charge is -2.08. The van der Waals surface area contributed by atoms with Gasteiger partial charge in [0.2, 0.25) is 5.91 Å². The minimum absolute atomic E-state index is 0.0500. The van der Waals surface area contributed by atoms with Crippen molar-refractivity contribution in [3.8, 4) is 0 Å². The molecule has 2 amide bonds. The predicted octanol–water partition coefficient (Wildman–Crippen LogP) is 2.18. The number of aryl methyl sites for hydroxylation is 1. The highest BCUT2D eigenvalue weighted by Crippen LogP contribution is 2.12. The Balaban J connectivity index is 1.73. The summed E-state index contributed by atoms with van der Waals surface area (Å²) in [6, 6.07) is 9.49. The van der Waals surface area contributed by atoms with E-state index < -0.39 is 42.6 Å². The van der Waals surface area contributed by atoms with E-state index in [4.69, 9.17) is 4.74 Å². The van der Waals surface area contributed by atoms with Gasteiger partial charge in [0.15, 0.2) is 18.2 Å². The van der Waals surface area contributed by atoms with Gasteiger partial charge in [0.05, 0.1) is 12.1 Å². The average molecular weight is 362 g/mol. The third-order valence-electron chi connectivity index (χ3n) is 3.27. The second kappa shape index (κ2) is 8.70. The molecule has 0 aliphatic heterocycles. The molecule has 0 saturated carbocycles. The summed E-state index contributed by atoms with van der Waals surface area (Å²) in [5.74, 6) is -4.12. The summed E-state index contributed by atoms with van der Waals surface area (Å²) < 4.78 is 30.7. The molecule has 0 radical (unpaired) electrons. The highest BCUT2D eigenvalue weighted by Gasteiger charge is 2.11. The topological polar surface area (TPSA) is 84.5 Å². The van der Waals surface area contributed by atoms with Crippen LogP contribution in [0.5, 0.6) is 0 Å². The number of carbonyl (C=O) groups is 3. The maximum atomic E-state index is 13.0. The summed E-state index contributed by atoms with van der Waals surface area (Å²) in [7, 11) is 0. The van der Waals surface area contributed by atoms with E-state index in [0.29, 0.717) is 5.56 Å². The standard InChI is InChI=1S/C18H16F2N2O4/c1-11-2-4-12(5-3-11)18(25)26-10-17(24)21-9-16(23)22-13-6-7-14(19)15(20)8-13/h2-8H,9-10H2,1H3,(H,21,24)(H,22,23). The number of nitrogens with one attached hydrogen (secondary N) is 2. The number of hydrogen-bond acceptors (Lipinski definition) is 4. The van der Waals surface area contributed by atoms with E-state index in [1.165, 1.54) is 6.07 Å². The molecule has 26 heavy (non-hydrogen) atoms. The van der Waals surface area contributed by atoms with Crippen LogP contribution < -0.4 is 10.6 Å². The fraction of sp³-hybridized carbons (Fsp3) is 0.167. The Morgan fingerprint density at radius 2 is 1.65 bits per heavy atom. The average Bonchev–Trinajstić information content (AvgIpc) is 2.61. The molecule has 0 saturated heterocycles. The van der Waals surface area contributed by atoms with Gasteiger partial charge >= 0.3 is 5.97 Å². The van der Waals surface area contributed by atoms with Crippen LogP contribution in [-0.4, -0.2) is 30.9 Å². The minimum atomic E-state index is -1.10. The molecule has 2 rings (SSSR count). The molecule has 0 heterocycles. The van der Waals surface area contributed by atoms with E-state index in [0.717, 1.165) is 17.7 Å². The second-order valence-corrected chi connectivity index (χ2v) is 5.40. The van der Waals surface area contributed by atoms with Crippen molar-refractivity contribution in [1.29, 1.82) is 0 Å². The van der Waals surface area contributed by atoms with E-state index >= 15 is 0 Å². The van der Waals surface area contributed by atoms with Gasteiger partial charge in [-0.3, -0.25) is 9.59 Å². The van der Waals surface area contributed by atoms with Gasteiger partial charge in [0.25, 0.3) is 5.91 Å². The number of anilines is 1. The first-order valence-electron chi connectivity index (χ1n) is 7.60. The van der Waals surface area contributed by atoms with Crippen molar-refractivity contribution in [3.63, 3.8) is 0 Å². The Labute approximate surface area is 148 Å². The Morgan fingerprint density at radius 3 is 2.31 bits per heavy atom. The molecule has 8 heteroatoms. The van der Waals surface area contributed by atoms with Gasteiger partial charge in [0.1, 0.15) is 0 Å². The van der Waals surface area contributed by atoms with E-state index in [-0.39, 0.29) is 5.69 Å². The van der Waals surface area contributed by atoms with E-state index in [1.807, 2.05) is 6.92 Å². The van der Waals surface area contributed by atoms with Crippen LogP contribution in [0.2, 0.25) is 0 Å². The lowest BCUT2D eigenvalue weighted by Crippen LogP contribution is -2.35. The van der Waals surface area contributed by atoms with Crippen LogP contribution in [0, 0.1) is 18.6 Å². The van der Waals surface area contributed by atoms with Gasteiger partial charge in [0, 0.05) is 11.8 Å². The van der Waals surface area contributed by atoms with Gasteiger partial charge in [-0.2, -0.15) is 0 Å². The van der Waals surface area contributed by atoms with Crippen molar-refractivity contribution in [2.24, 2.45) is 0 Å². The summed E-state index contributed by atoms with van der Waals surface area (Å²) in [5.41, 5.74) is 1.33. The third-order valence-corrected chi connectivity index (χ3v) is 3.27. The van der Waals surface area contributed by atoms with E-state index in [1.54, 1.807) is 24.3 Å². The molecule has 2 N–H and O–H groups in total. The van der Waals surface area contributed by atoms with Crippen molar-refractivity contribution < 1.29 is 27.9 Å². The first-order valence-corrected chi connectivity index (χ1v) is 7.60. The third kappa shape index (κ3) is 5.66. The summed E-state index contributed by atoms with van der Waals surface area (Å²) >= 11 is 0. The molecule has 0 aliphatic carbocycles. The molecule has 0 spiro atoms. The Bertz CT molecular complexity index is 822. The van der Waals surface area contributed by atoms with Gasteiger partial charge in [-0.25, -0.2) is 13.6 Å². The predicted molar refractivity (Wildman–Crippen MR) is 89.5 cm³/mol. The molecule has 0 aliphatic rings. The first-order chi connectivity index (χ1) is 12.3. The summed E-state index contributed by atoms with van der Waals surface area (Å²) in [5, 5.41) is 4.54. The van der Waals surface area contributed by atoms with Crippen LogP contribution in [0.15, 0.2) is 42.5 Å². The molecule has 0 bridgehead atoms. The fourth-order valence-electron chi connectivity index (χ4n) is 1.91. The summed E-state index contributed by atoms with van der Waals surface area (Å²) in [6.07, 6.45) is 0. The van der Waals surface area contributed by atoms with Gasteiger partial charge in [-0.1, -0.05) is 17.7 Å². The number of carbonyl (C=O) groups excluding carboxylic acids is 3. The number of hydrogen-bond donors (Lipinski definition) is 2. The number of amides is 2. The normalized spacial score (nSPS) is 10.1. The SMILES string of the molecule is Cc1ccc(C(=O)OCC(=O)NCC(=O)Nc2ccc(F)c(F)c2)cc1. The van der Waals surface area contributed by atoms with E-state index in [9.17, 15) is 23.2 Å². The fourth-order valence-corrected chi connectivity index (χ4v) is 1.91. The number of halogens is 2. The van der Waals surface area contributed by atoms with Crippen LogP contribution in [0.4, 0.5) is 14.5 Å². The van der Waals surface area contributed by atoms with Crippen LogP contribution in [0.1, 0.15) is 15.9 Å². The second-order valence-electron chi connectivity index (χ2n) is 5.40. The van der Waals surface area contributed by atoms with Gasteiger partial charge < -0.3 is 15.4 Å². The first kappa shape index (κ1) is 19.0. The van der Waals surface area contributed by atoms with Crippen LogP contribution in [0.25, 0.3) is 0 Å². The van der Waals surface area contributed by atoms with Crippen molar-refractivity contribution in [2.45, 2.75) is 6.92 Å². The van der Waals surface area contributed by atoms with E-state index in [2.05, 4.69) is 10.6 Å². The number of rotatable bonds is 6. The highest BCUT2D eigenvalue weighted by molar-refractivity contribution is 5.95. The Morgan fingerprint density at radius 1 is 0.962 bits per heavy atom. The zero-order valence-electron chi connectivity index (χ0n) is 13.8. The van der Waals surface area contributed by atoms with Crippen LogP contribution in [-0.2, 0) is 14.3 Å². The number of esters is 1. The maximum Gasteiger partial charge on any atom is 0.338 e. The van der Waals surface area contributed by atoms with Gasteiger partial charge in [-0.15, -0.1) is 0 Å². The van der Waals surface area contributed by atoms with Crippen LogP contribution in [0.3, 0.4) is 0 Å². The van der Waals surface area contributed by atoms with Crippen molar-refractivity contribution in [1.82, 2.24) is 5.32 Å². The summed E-state index contributed by atoms with van der Waals surface area (Å²) in [4.78, 5) is 35.0. The smallest absolute Gasteiger partial charge is 0.338 e. The Kier molecular flexibility index (Phi) is 6.37. The van der Waals surface area contributed by atoms with Crippen LogP contribution >= 0.6 is 0 Å². The summed E-state index contributed by atoms with van der Waals surface area (Å²) in [6.45, 7) is 0.902. The highest BCUT2D eigenvalue weighted by atomic mass is 19.2. The Hall–Kier alpha value is -3.29. The van der Waals surface area contributed by atoms with Gasteiger partial charge in [-0.05, 0) is 31.2 Å². The molecule has 136 valence electrons. The molecule has 0 unspecified atom stereocenters. The largest absolute Gasteiger partial charge is 0.452 e. The minimum Gasteiger partial charge on any atom is -0.452 e. The molecule has 0 aromatic heterocycles. The monoisotopic (exact) mass is 362 g/mol. The zero-order valence-corrected chi connectivity index (χ0v) is 13.8. The van der Waals surface area contributed by atoms with Crippen molar-refractivity contribution in [2.75, 3.05) is 18.5 Å². The molecule has 0 fully saturated rings. The maximum absolute atomic E-state index is 13.0. The zero-order chi connectivity index (χ0) is 19.1. The lowest BCUT2D eigenvalue weighted by molar-refractivity contribution is -0.126. The van der Waals surface area contributed by atoms with Crippen molar-refractivity contribution in [3.05, 3.63) is 65.2 Å². The van der Waals surface area contributed by atoms with Crippen molar-refractivity contribution >= 4 is 23.5 Å². The molecule has 2 aromatic carbocycles. The molecular weight excluding hydrogens is 346 g/mol. The molecule has 0 atom stereocenters. The lowest BCUT2D eigenvalue weighted by atomic mass is 10.1. The molecular formula is C18H16F2N2O4. The number of benzene rings is 2.